The van der Waals surface area contributed by atoms with E-state index in [0.29, 0.717) is 0 Å². The molecule has 0 saturated heterocycles. The van der Waals surface area contributed by atoms with Crippen LogP contribution in [0.2, 0.25) is 0 Å². The van der Waals surface area contributed by atoms with Crippen LogP contribution in [0.25, 0.3) is 22.2 Å². The standard InChI is InChI=1S/C27H26N4/c1-19-26(21-12-6-3-7-13-21)31-27(30-19)25(28-17-20-10-4-2-5-11-20)16-22-18-29-24-15-9-8-14-23(22)24/h2-15,18,25,28-29H,16-17H2,1H3,(H,30,31). The second-order valence-corrected chi connectivity index (χ2v) is 7.94. The third-order valence-electron chi connectivity index (χ3n) is 5.77. The zero-order valence-corrected chi connectivity index (χ0v) is 17.6. The molecule has 0 radical (unpaired) electrons. The van der Waals surface area contributed by atoms with Gasteiger partial charge in [-0.1, -0.05) is 78.9 Å². The Hall–Kier alpha value is -3.63. The molecular formula is C27H26N4. The van der Waals surface area contributed by atoms with E-state index < -0.39 is 0 Å². The number of imidazole rings is 1. The molecule has 0 spiro atoms. The fourth-order valence-electron chi connectivity index (χ4n) is 4.15. The molecule has 5 rings (SSSR count). The van der Waals surface area contributed by atoms with Gasteiger partial charge in [0.05, 0.1) is 11.7 Å². The molecule has 4 nitrogen and oxygen atoms in total. The minimum absolute atomic E-state index is 0.0653. The molecule has 0 amide bonds. The van der Waals surface area contributed by atoms with E-state index in [2.05, 4.69) is 107 Å². The molecule has 2 aromatic heterocycles. The first kappa shape index (κ1) is 19.3. The molecule has 4 heteroatoms. The van der Waals surface area contributed by atoms with E-state index in [1.165, 1.54) is 22.0 Å². The van der Waals surface area contributed by atoms with Crippen LogP contribution >= 0.6 is 0 Å². The Morgan fingerprint density at radius 1 is 0.871 bits per heavy atom. The van der Waals surface area contributed by atoms with Gasteiger partial charge in [-0.05, 0) is 30.5 Å². The highest BCUT2D eigenvalue weighted by Crippen LogP contribution is 2.27. The molecule has 0 fully saturated rings. The van der Waals surface area contributed by atoms with Crippen molar-refractivity contribution in [2.75, 3.05) is 0 Å². The van der Waals surface area contributed by atoms with Gasteiger partial charge in [-0.3, -0.25) is 0 Å². The molecule has 0 aliphatic heterocycles. The molecule has 154 valence electrons. The third kappa shape index (κ3) is 4.16. The van der Waals surface area contributed by atoms with E-state index >= 15 is 0 Å². The smallest absolute Gasteiger partial charge is 0.124 e. The number of rotatable bonds is 7. The Kier molecular flexibility index (Phi) is 5.38. The molecule has 0 aliphatic rings. The number of aromatic nitrogens is 3. The van der Waals surface area contributed by atoms with Gasteiger partial charge in [0.25, 0.3) is 0 Å². The number of aromatic amines is 2. The lowest BCUT2D eigenvalue weighted by Gasteiger charge is -2.17. The van der Waals surface area contributed by atoms with Crippen LogP contribution in [-0.2, 0) is 13.0 Å². The van der Waals surface area contributed by atoms with Crippen LogP contribution in [0.5, 0.6) is 0 Å². The largest absolute Gasteiger partial charge is 0.361 e. The molecule has 3 N–H and O–H groups in total. The van der Waals surface area contributed by atoms with Crippen molar-refractivity contribution < 1.29 is 0 Å². The average molecular weight is 407 g/mol. The summed E-state index contributed by atoms with van der Waals surface area (Å²) in [5, 5.41) is 5.00. The van der Waals surface area contributed by atoms with Gasteiger partial charge in [0.2, 0.25) is 0 Å². The van der Waals surface area contributed by atoms with Crippen LogP contribution in [0, 0.1) is 6.92 Å². The summed E-state index contributed by atoms with van der Waals surface area (Å²) in [6.45, 7) is 2.88. The summed E-state index contributed by atoms with van der Waals surface area (Å²) in [6, 6.07) is 29.4. The van der Waals surface area contributed by atoms with E-state index in [4.69, 9.17) is 4.98 Å². The van der Waals surface area contributed by atoms with Crippen molar-refractivity contribution in [3.8, 4) is 11.3 Å². The molecular weight excluding hydrogens is 380 g/mol. The summed E-state index contributed by atoms with van der Waals surface area (Å²) in [6.07, 6.45) is 2.97. The van der Waals surface area contributed by atoms with Gasteiger partial charge in [0, 0.05) is 34.9 Å². The second kappa shape index (κ2) is 8.62. The lowest BCUT2D eigenvalue weighted by molar-refractivity contribution is 0.509. The summed E-state index contributed by atoms with van der Waals surface area (Å²) in [7, 11) is 0. The third-order valence-corrected chi connectivity index (χ3v) is 5.77. The van der Waals surface area contributed by atoms with Crippen molar-refractivity contribution in [1.82, 2.24) is 20.3 Å². The van der Waals surface area contributed by atoms with Gasteiger partial charge in [0.1, 0.15) is 5.82 Å². The number of nitrogens with zero attached hydrogens (tertiary/aromatic N) is 1. The van der Waals surface area contributed by atoms with Gasteiger partial charge >= 0.3 is 0 Å². The van der Waals surface area contributed by atoms with E-state index in [1.54, 1.807) is 0 Å². The average Bonchev–Trinajstić information content (AvgIpc) is 3.41. The normalized spacial score (nSPS) is 12.3. The molecule has 31 heavy (non-hydrogen) atoms. The van der Waals surface area contributed by atoms with Crippen LogP contribution in [-0.4, -0.2) is 15.0 Å². The van der Waals surface area contributed by atoms with E-state index in [9.17, 15) is 0 Å². The number of para-hydroxylation sites is 1. The maximum absolute atomic E-state index is 5.02. The Morgan fingerprint density at radius 3 is 2.39 bits per heavy atom. The van der Waals surface area contributed by atoms with Crippen LogP contribution in [0.15, 0.2) is 91.1 Å². The first-order chi connectivity index (χ1) is 15.3. The maximum atomic E-state index is 5.02. The predicted octanol–water partition coefficient (Wildman–Crippen LogP) is 5.94. The predicted molar refractivity (Wildman–Crippen MR) is 127 cm³/mol. The van der Waals surface area contributed by atoms with Gasteiger partial charge in [-0.15, -0.1) is 0 Å². The molecule has 0 bridgehead atoms. The number of benzene rings is 3. The topological polar surface area (TPSA) is 56.5 Å². The number of aryl methyl sites for hydroxylation is 1. The fraction of sp³-hybridized carbons (Fsp3) is 0.148. The quantitative estimate of drug-likeness (QED) is 0.313. The summed E-state index contributed by atoms with van der Waals surface area (Å²) in [5.41, 5.74) is 6.96. The number of H-pyrrole nitrogens is 2. The zero-order chi connectivity index (χ0) is 21.0. The van der Waals surface area contributed by atoms with Crippen molar-refractivity contribution in [3.05, 3.63) is 114 Å². The molecule has 2 heterocycles. The van der Waals surface area contributed by atoms with Crippen LogP contribution in [0.1, 0.15) is 28.7 Å². The first-order valence-corrected chi connectivity index (χ1v) is 10.7. The van der Waals surface area contributed by atoms with E-state index in [-0.39, 0.29) is 6.04 Å². The molecule has 3 aromatic carbocycles. The lowest BCUT2D eigenvalue weighted by Crippen LogP contribution is -2.24. The first-order valence-electron chi connectivity index (χ1n) is 10.7. The second-order valence-electron chi connectivity index (χ2n) is 7.94. The Morgan fingerprint density at radius 2 is 1.58 bits per heavy atom. The highest BCUT2D eigenvalue weighted by atomic mass is 15.0. The van der Waals surface area contributed by atoms with Gasteiger partial charge < -0.3 is 15.3 Å². The molecule has 5 aromatic rings. The zero-order valence-electron chi connectivity index (χ0n) is 17.6. The van der Waals surface area contributed by atoms with E-state index in [0.717, 1.165) is 35.7 Å². The number of hydrogen-bond acceptors (Lipinski definition) is 2. The molecule has 0 aliphatic carbocycles. The SMILES string of the molecule is Cc1[nH]c(C(Cc2c[nH]c3ccccc23)NCc2ccccc2)nc1-c1ccccc1. The number of fused-ring (bicyclic) bond motifs is 1. The summed E-state index contributed by atoms with van der Waals surface area (Å²) in [5.74, 6) is 0.970. The van der Waals surface area contributed by atoms with Crippen molar-refractivity contribution in [1.29, 1.82) is 0 Å². The highest BCUT2D eigenvalue weighted by Gasteiger charge is 2.20. The number of nitrogens with one attached hydrogen (secondary N) is 3. The van der Waals surface area contributed by atoms with Gasteiger partial charge in [-0.25, -0.2) is 4.98 Å². The van der Waals surface area contributed by atoms with Crippen LogP contribution in [0.3, 0.4) is 0 Å². The van der Waals surface area contributed by atoms with Crippen LogP contribution in [0.4, 0.5) is 0 Å². The van der Waals surface area contributed by atoms with Gasteiger partial charge in [0.15, 0.2) is 0 Å². The Balaban J connectivity index is 1.47. The summed E-state index contributed by atoms with van der Waals surface area (Å²) >= 11 is 0. The minimum Gasteiger partial charge on any atom is -0.361 e. The maximum Gasteiger partial charge on any atom is 0.124 e. The Bertz CT molecular complexity index is 1270. The van der Waals surface area contributed by atoms with Crippen molar-refractivity contribution in [2.24, 2.45) is 0 Å². The highest BCUT2D eigenvalue weighted by molar-refractivity contribution is 5.83. The minimum atomic E-state index is 0.0653. The van der Waals surface area contributed by atoms with Crippen molar-refractivity contribution in [3.63, 3.8) is 0 Å². The lowest BCUT2D eigenvalue weighted by atomic mass is 10.0. The van der Waals surface area contributed by atoms with E-state index in [1.807, 2.05) is 6.07 Å². The molecule has 1 atom stereocenters. The van der Waals surface area contributed by atoms with Gasteiger partial charge in [-0.2, -0.15) is 0 Å². The number of hydrogen-bond donors (Lipinski definition) is 3. The summed E-state index contributed by atoms with van der Waals surface area (Å²) in [4.78, 5) is 12.0. The monoisotopic (exact) mass is 406 g/mol. The summed E-state index contributed by atoms with van der Waals surface area (Å²) < 4.78 is 0. The fourth-order valence-corrected chi connectivity index (χ4v) is 4.15. The molecule has 0 saturated carbocycles. The van der Waals surface area contributed by atoms with Crippen molar-refractivity contribution >= 4 is 10.9 Å². The molecule has 1 unspecified atom stereocenters. The van der Waals surface area contributed by atoms with Crippen LogP contribution < -0.4 is 5.32 Å². The Labute approximate surface area is 182 Å². The van der Waals surface area contributed by atoms with Crippen molar-refractivity contribution in [2.45, 2.75) is 25.9 Å².